The third kappa shape index (κ3) is 5.01. The number of hydrogen-bond donors (Lipinski definition) is 2. The van der Waals surface area contributed by atoms with Gasteiger partial charge in [0.25, 0.3) is 5.91 Å². The fourth-order valence-corrected chi connectivity index (χ4v) is 5.30. The highest BCUT2D eigenvalue weighted by Crippen LogP contribution is 2.30. The average molecular weight is 559 g/mol. The van der Waals surface area contributed by atoms with E-state index in [0.29, 0.717) is 34.2 Å². The zero-order chi connectivity index (χ0) is 28.3. The number of methoxy groups -OCH3 is 1. The lowest BCUT2D eigenvalue weighted by Crippen LogP contribution is -2.24. The number of para-hydroxylation sites is 4. The van der Waals surface area contributed by atoms with Gasteiger partial charge in [-0.05, 0) is 59.7 Å². The van der Waals surface area contributed by atoms with E-state index in [1.807, 2.05) is 118 Å². The van der Waals surface area contributed by atoms with Crippen molar-refractivity contribution in [3.05, 3.63) is 143 Å². The van der Waals surface area contributed by atoms with E-state index in [1.165, 1.54) is 0 Å². The van der Waals surface area contributed by atoms with E-state index >= 15 is 0 Å². The van der Waals surface area contributed by atoms with Gasteiger partial charge in [-0.25, -0.2) is 0 Å². The fourth-order valence-electron chi connectivity index (χ4n) is 5.10. The molecule has 2 N–H and O–H groups in total. The molecule has 0 saturated carbocycles. The van der Waals surface area contributed by atoms with Crippen molar-refractivity contribution in [3.8, 4) is 22.6 Å². The highest BCUT2D eigenvalue weighted by molar-refractivity contribution is 6.31. The molecule has 0 aliphatic heterocycles. The number of ether oxygens (including phenoxy) is 1. The van der Waals surface area contributed by atoms with Crippen LogP contribution >= 0.6 is 11.6 Å². The summed E-state index contributed by atoms with van der Waals surface area (Å²) in [6.45, 7) is 0.489. The molecule has 0 unspecified atom stereocenters. The van der Waals surface area contributed by atoms with Crippen LogP contribution in [0.25, 0.3) is 27.8 Å². The smallest absolute Gasteiger partial charge is 0.259 e. The molecule has 1 amide bonds. The molecule has 0 aliphatic rings. The first-order valence-electron chi connectivity index (χ1n) is 13.2. The first kappa shape index (κ1) is 26.2. The molecule has 0 atom stereocenters. The van der Waals surface area contributed by atoms with Crippen LogP contribution in [0.1, 0.15) is 15.9 Å². The van der Waals surface area contributed by atoms with Crippen LogP contribution in [-0.4, -0.2) is 22.2 Å². The second-order valence-corrected chi connectivity index (χ2v) is 9.98. The number of halogens is 1. The first-order chi connectivity index (χ1) is 20.0. The van der Waals surface area contributed by atoms with E-state index in [2.05, 4.69) is 5.32 Å². The summed E-state index contributed by atoms with van der Waals surface area (Å²) in [5, 5.41) is 12.8. The summed E-state index contributed by atoms with van der Waals surface area (Å²) >= 11 is 6.46. The maximum atomic E-state index is 13.1. The van der Waals surface area contributed by atoms with Crippen LogP contribution in [0.2, 0.25) is 5.02 Å². The largest absolute Gasteiger partial charge is 0.496 e. The SMILES string of the molecule is COc1ccccc1C(=O)Nc1ccccc1-c1ccc(-n2c(=N)n(Cc3ccccc3Cl)c3ccccc32)cc1. The van der Waals surface area contributed by atoms with Crippen molar-refractivity contribution in [3.63, 3.8) is 0 Å². The Morgan fingerprint density at radius 1 is 0.805 bits per heavy atom. The topological polar surface area (TPSA) is 72.0 Å². The van der Waals surface area contributed by atoms with Gasteiger partial charge in [-0.15, -0.1) is 0 Å². The van der Waals surface area contributed by atoms with Crippen LogP contribution in [0.3, 0.4) is 0 Å². The number of rotatable bonds is 7. The number of aromatic nitrogens is 2. The lowest BCUT2D eigenvalue weighted by atomic mass is 10.0. The van der Waals surface area contributed by atoms with E-state index in [1.54, 1.807) is 19.2 Å². The maximum absolute atomic E-state index is 13.1. The van der Waals surface area contributed by atoms with Gasteiger partial charge in [0, 0.05) is 22.0 Å². The number of imidazole rings is 1. The van der Waals surface area contributed by atoms with E-state index in [9.17, 15) is 4.79 Å². The summed E-state index contributed by atoms with van der Waals surface area (Å²) < 4.78 is 9.27. The lowest BCUT2D eigenvalue weighted by molar-refractivity contribution is 0.102. The van der Waals surface area contributed by atoms with Gasteiger partial charge in [0.15, 0.2) is 0 Å². The van der Waals surface area contributed by atoms with Crippen LogP contribution in [0, 0.1) is 5.41 Å². The Bertz CT molecular complexity index is 1940. The maximum Gasteiger partial charge on any atom is 0.259 e. The van der Waals surface area contributed by atoms with E-state index in [0.717, 1.165) is 33.4 Å². The standard InChI is InChI=1S/C34H27ClN4O2/c1-41-32-17-9-4-12-27(32)33(40)37-29-14-6-3-11-26(29)23-18-20-25(21-19-23)39-31-16-8-7-15-30(31)38(34(39)36)22-24-10-2-5-13-28(24)35/h2-21,36H,22H2,1H3,(H,37,40). The number of nitrogens with zero attached hydrogens (tertiary/aromatic N) is 2. The minimum atomic E-state index is -0.243. The van der Waals surface area contributed by atoms with Gasteiger partial charge in [-0.2, -0.15) is 0 Å². The zero-order valence-electron chi connectivity index (χ0n) is 22.3. The number of hydrogen-bond acceptors (Lipinski definition) is 3. The van der Waals surface area contributed by atoms with Crippen LogP contribution in [0.5, 0.6) is 5.75 Å². The molecule has 6 nitrogen and oxygen atoms in total. The molecule has 0 spiro atoms. The van der Waals surface area contributed by atoms with Gasteiger partial charge in [-0.1, -0.05) is 84.4 Å². The third-order valence-electron chi connectivity index (χ3n) is 7.13. The van der Waals surface area contributed by atoms with Crippen molar-refractivity contribution in [2.24, 2.45) is 0 Å². The highest BCUT2D eigenvalue weighted by Gasteiger charge is 2.16. The molecular weight excluding hydrogens is 532 g/mol. The molecule has 0 radical (unpaired) electrons. The molecule has 0 aliphatic carbocycles. The Morgan fingerprint density at radius 2 is 1.46 bits per heavy atom. The second kappa shape index (κ2) is 11.2. The van der Waals surface area contributed by atoms with Gasteiger partial charge in [0.1, 0.15) is 5.75 Å². The van der Waals surface area contributed by atoms with E-state index in [-0.39, 0.29) is 5.91 Å². The van der Waals surface area contributed by atoms with Crippen molar-refractivity contribution >= 4 is 34.2 Å². The Morgan fingerprint density at radius 3 is 2.24 bits per heavy atom. The van der Waals surface area contributed by atoms with Crippen molar-refractivity contribution in [1.82, 2.24) is 9.13 Å². The predicted octanol–water partition coefficient (Wildman–Crippen LogP) is 7.54. The summed E-state index contributed by atoms with van der Waals surface area (Å²) in [4.78, 5) is 13.1. The first-order valence-corrected chi connectivity index (χ1v) is 13.6. The molecule has 7 heteroatoms. The normalized spacial score (nSPS) is 11.0. The number of fused-ring (bicyclic) bond motifs is 1. The third-order valence-corrected chi connectivity index (χ3v) is 7.50. The summed E-state index contributed by atoms with van der Waals surface area (Å²) in [6.07, 6.45) is 0. The number of carbonyl (C=O) groups excluding carboxylic acids is 1. The van der Waals surface area contributed by atoms with Crippen LogP contribution in [0.4, 0.5) is 5.69 Å². The van der Waals surface area contributed by atoms with Crippen LogP contribution in [-0.2, 0) is 6.54 Å². The summed E-state index contributed by atoms with van der Waals surface area (Å²) in [5.41, 5.74) is 7.04. The summed E-state index contributed by atoms with van der Waals surface area (Å²) in [5.74, 6) is 0.274. The van der Waals surface area contributed by atoms with Gasteiger partial charge < -0.3 is 14.6 Å². The van der Waals surface area contributed by atoms with E-state index < -0.39 is 0 Å². The predicted molar refractivity (Wildman–Crippen MR) is 164 cm³/mol. The Balaban J connectivity index is 1.35. The van der Waals surface area contributed by atoms with Crippen molar-refractivity contribution in [2.45, 2.75) is 6.54 Å². The molecule has 0 saturated heterocycles. The van der Waals surface area contributed by atoms with Crippen LogP contribution < -0.4 is 15.7 Å². The molecular formula is C34H27ClN4O2. The zero-order valence-corrected chi connectivity index (χ0v) is 23.1. The molecule has 1 aromatic heterocycles. The minimum Gasteiger partial charge on any atom is -0.496 e. The quantitative estimate of drug-likeness (QED) is 0.212. The molecule has 1 heterocycles. The molecule has 6 aromatic rings. The van der Waals surface area contributed by atoms with Gasteiger partial charge in [0.05, 0.1) is 30.3 Å². The number of anilines is 1. The van der Waals surface area contributed by atoms with Gasteiger partial charge in [0.2, 0.25) is 5.62 Å². The molecule has 202 valence electrons. The second-order valence-electron chi connectivity index (χ2n) is 9.57. The molecule has 41 heavy (non-hydrogen) atoms. The Kier molecular flexibility index (Phi) is 7.15. The van der Waals surface area contributed by atoms with Crippen LogP contribution in [0.15, 0.2) is 121 Å². The number of carbonyl (C=O) groups is 1. The average Bonchev–Trinajstić information content (AvgIpc) is 3.29. The number of benzene rings is 5. The van der Waals surface area contributed by atoms with Gasteiger partial charge >= 0.3 is 0 Å². The summed E-state index contributed by atoms with van der Waals surface area (Å²) in [6, 6.07) is 38.6. The van der Waals surface area contributed by atoms with Crippen molar-refractivity contribution in [2.75, 3.05) is 12.4 Å². The molecule has 0 fully saturated rings. The van der Waals surface area contributed by atoms with Crippen molar-refractivity contribution < 1.29 is 9.53 Å². The number of nitrogens with one attached hydrogen (secondary N) is 2. The Hall–Kier alpha value is -5.07. The summed E-state index contributed by atoms with van der Waals surface area (Å²) in [7, 11) is 1.55. The fraction of sp³-hybridized carbons (Fsp3) is 0.0588. The Labute approximate surface area is 242 Å². The van der Waals surface area contributed by atoms with Crippen molar-refractivity contribution in [1.29, 1.82) is 5.41 Å². The number of amides is 1. The van der Waals surface area contributed by atoms with Gasteiger partial charge in [-0.3, -0.25) is 14.8 Å². The monoisotopic (exact) mass is 558 g/mol. The highest BCUT2D eigenvalue weighted by atomic mass is 35.5. The lowest BCUT2D eigenvalue weighted by Gasteiger charge is -2.13. The minimum absolute atomic E-state index is 0.243. The molecule has 6 rings (SSSR count). The van der Waals surface area contributed by atoms with E-state index in [4.69, 9.17) is 21.7 Å². The molecule has 0 bridgehead atoms. The molecule has 5 aromatic carbocycles.